The maximum atomic E-state index is 13.5. The van der Waals surface area contributed by atoms with Crippen LogP contribution in [0.3, 0.4) is 0 Å². The van der Waals surface area contributed by atoms with Gasteiger partial charge in [0.2, 0.25) is 11.8 Å². The van der Waals surface area contributed by atoms with E-state index in [2.05, 4.69) is 46.2 Å². The zero-order chi connectivity index (χ0) is 23.4. The lowest BCUT2D eigenvalue weighted by molar-refractivity contribution is -0.134. The van der Waals surface area contributed by atoms with E-state index in [1.807, 2.05) is 37.2 Å². The molecule has 1 aliphatic heterocycles. The highest BCUT2D eigenvalue weighted by atomic mass is 16.5. The predicted octanol–water partition coefficient (Wildman–Crippen LogP) is 3.32. The lowest BCUT2D eigenvalue weighted by atomic mass is 9.91. The van der Waals surface area contributed by atoms with Gasteiger partial charge in [-0.2, -0.15) is 5.10 Å². The number of pyridine rings is 1. The van der Waals surface area contributed by atoms with Crippen molar-refractivity contribution in [3.8, 4) is 17.0 Å². The lowest BCUT2D eigenvalue weighted by Crippen LogP contribution is -2.37. The fraction of sp³-hybridized carbons (Fsp3) is 0.423. The van der Waals surface area contributed by atoms with E-state index in [0.717, 1.165) is 47.9 Å². The highest BCUT2D eigenvalue weighted by molar-refractivity contribution is 5.80. The Labute approximate surface area is 196 Å². The topological polar surface area (TPSA) is 63.5 Å². The first-order valence-electron chi connectivity index (χ1n) is 11.6. The summed E-state index contributed by atoms with van der Waals surface area (Å²) in [4.78, 5) is 22.1. The van der Waals surface area contributed by atoms with Gasteiger partial charge in [0.25, 0.3) is 0 Å². The van der Waals surface area contributed by atoms with Crippen molar-refractivity contribution in [2.24, 2.45) is 13.0 Å². The Morgan fingerprint density at radius 3 is 2.70 bits per heavy atom. The predicted molar refractivity (Wildman–Crippen MR) is 129 cm³/mol. The number of ether oxygens (including phenoxy) is 1. The minimum absolute atomic E-state index is 0.117. The molecule has 2 aromatic heterocycles. The van der Waals surface area contributed by atoms with E-state index >= 15 is 0 Å². The average molecular weight is 448 g/mol. The molecule has 0 spiro atoms. The summed E-state index contributed by atoms with van der Waals surface area (Å²) in [5.41, 5.74) is 5.45. The Morgan fingerprint density at radius 1 is 1.15 bits per heavy atom. The van der Waals surface area contributed by atoms with Gasteiger partial charge in [-0.05, 0) is 37.5 Å². The molecular formula is C26H33N5O2. The van der Waals surface area contributed by atoms with E-state index < -0.39 is 0 Å². The molecule has 1 fully saturated rings. The summed E-state index contributed by atoms with van der Waals surface area (Å²) < 4.78 is 7.40. The van der Waals surface area contributed by atoms with Crippen molar-refractivity contribution in [1.82, 2.24) is 24.6 Å². The first kappa shape index (κ1) is 23.0. The van der Waals surface area contributed by atoms with E-state index in [-0.39, 0.29) is 11.8 Å². The van der Waals surface area contributed by atoms with Gasteiger partial charge in [0.05, 0.1) is 24.3 Å². The standard InChI is InChI=1S/C26H33N5O2/c1-5-31-14-13-30(18-24-19(2)28-29(3)26(24)33-4)17-22(25(31)32)15-20-9-6-7-11-23(20)21-10-8-12-27-16-21/h6-12,16,22H,5,13-15,17-18H2,1-4H3/t22-/m0/s1. The summed E-state index contributed by atoms with van der Waals surface area (Å²) in [5.74, 6) is 0.901. The lowest BCUT2D eigenvalue weighted by Gasteiger charge is -2.24. The van der Waals surface area contributed by atoms with Crippen LogP contribution in [0.1, 0.15) is 23.7 Å². The van der Waals surface area contributed by atoms with Crippen LogP contribution < -0.4 is 4.74 Å². The molecule has 0 N–H and O–H groups in total. The number of amides is 1. The minimum Gasteiger partial charge on any atom is -0.481 e. The molecule has 3 aromatic rings. The zero-order valence-electron chi connectivity index (χ0n) is 20.0. The largest absolute Gasteiger partial charge is 0.481 e. The number of aromatic nitrogens is 3. The number of benzene rings is 1. The van der Waals surface area contributed by atoms with E-state index in [9.17, 15) is 4.79 Å². The molecule has 1 amide bonds. The molecule has 1 aromatic carbocycles. The number of hydrogen-bond donors (Lipinski definition) is 0. The van der Waals surface area contributed by atoms with Crippen LogP contribution in [0, 0.1) is 12.8 Å². The number of aryl methyl sites for hydroxylation is 2. The number of hydrogen-bond acceptors (Lipinski definition) is 5. The van der Waals surface area contributed by atoms with Crippen LogP contribution in [-0.2, 0) is 24.8 Å². The number of methoxy groups -OCH3 is 1. The Bertz CT molecular complexity index is 1100. The number of rotatable bonds is 7. The molecule has 0 saturated carbocycles. The van der Waals surface area contributed by atoms with Crippen LogP contribution in [0.2, 0.25) is 0 Å². The highest BCUT2D eigenvalue weighted by Crippen LogP contribution is 2.28. The van der Waals surface area contributed by atoms with Crippen molar-refractivity contribution < 1.29 is 9.53 Å². The third kappa shape index (κ3) is 4.93. The summed E-state index contributed by atoms with van der Waals surface area (Å²) in [7, 11) is 3.58. The van der Waals surface area contributed by atoms with Crippen LogP contribution >= 0.6 is 0 Å². The zero-order valence-corrected chi connectivity index (χ0v) is 20.0. The van der Waals surface area contributed by atoms with Crippen LogP contribution in [0.5, 0.6) is 5.88 Å². The van der Waals surface area contributed by atoms with Gasteiger partial charge in [-0.1, -0.05) is 30.3 Å². The normalized spacial score (nSPS) is 17.3. The molecule has 0 radical (unpaired) electrons. The van der Waals surface area contributed by atoms with Gasteiger partial charge in [-0.15, -0.1) is 0 Å². The third-order valence-corrected chi connectivity index (χ3v) is 6.53. The van der Waals surface area contributed by atoms with E-state index in [1.165, 1.54) is 5.56 Å². The van der Waals surface area contributed by atoms with Crippen molar-refractivity contribution in [2.45, 2.75) is 26.8 Å². The third-order valence-electron chi connectivity index (χ3n) is 6.53. The summed E-state index contributed by atoms with van der Waals surface area (Å²) in [6.45, 7) is 7.78. The van der Waals surface area contributed by atoms with E-state index in [1.54, 1.807) is 18.0 Å². The molecule has 174 valence electrons. The molecule has 1 atom stereocenters. The van der Waals surface area contributed by atoms with Crippen molar-refractivity contribution in [3.63, 3.8) is 0 Å². The van der Waals surface area contributed by atoms with Gasteiger partial charge in [0.15, 0.2) is 0 Å². The monoisotopic (exact) mass is 447 g/mol. The molecule has 0 unspecified atom stereocenters. The number of likely N-dealkylation sites (N-methyl/N-ethyl adjacent to an activating group) is 1. The molecule has 0 bridgehead atoms. The van der Waals surface area contributed by atoms with Gasteiger partial charge in [0.1, 0.15) is 0 Å². The number of nitrogens with zero attached hydrogens (tertiary/aromatic N) is 5. The Kier molecular flexibility index (Phi) is 7.08. The second-order valence-electron chi connectivity index (χ2n) is 8.65. The van der Waals surface area contributed by atoms with Crippen LogP contribution in [0.4, 0.5) is 0 Å². The molecular weight excluding hydrogens is 414 g/mol. The summed E-state index contributed by atoms with van der Waals surface area (Å²) >= 11 is 0. The second kappa shape index (κ2) is 10.2. The van der Waals surface area contributed by atoms with E-state index in [0.29, 0.717) is 19.5 Å². The van der Waals surface area contributed by atoms with Gasteiger partial charge >= 0.3 is 0 Å². The highest BCUT2D eigenvalue weighted by Gasteiger charge is 2.31. The van der Waals surface area contributed by atoms with E-state index in [4.69, 9.17) is 4.74 Å². The SMILES string of the molecule is CCN1CCN(Cc2c(C)nn(C)c2OC)C[C@H](Cc2ccccc2-c2cccnc2)C1=O. The van der Waals surface area contributed by atoms with Gasteiger partial charge in [-0.25, -0.2) is 4.68 Å². The second-order valence-corrected chi connectivity index (χ2v) is 8.65. The van der Waals surface area contributed by atoms with Crippen LogP contribution in [0.15, 0.2) is 48.8 Å². The molecule has 33 heavy (non-hydrogen) atoms. The minimum atomic E-state index is -0.117. The molecule has 3 heterocycles. The number of carbonyl (C=O) groups excluding carboxylic acids is 1. The maximum absolute atomic E-state index is 13.5. The molecule has 4 rings (SSSR count). The van der Waals surface area contributed by atoms with Crippen molar-refractivity contribution in [3.05, 3.63) is 65.6 Å². The van der Waals surface area contributed by atoms with Crippen molar-refractivity contribution in [1.29, 1.82) is 0 Å². The molecule has 1 saturated heterocycles. The maximum Gasteiger partial charge on any atom is 0.227 e. The summed E-state index contributed by atoms with van der Waals surface area (Å²) in [6, 6.07) is 12.4. The van der Waals surface area contributed by atoms with Gasteiger partial charge in [-0.3, -0.25) is 14.7 Å². The molecule has 7 heteroatoms. The molecule has 1 aliphatic rings. The smallest absolute Gasteiger partial charge is 0.227 e. The Hall–Kier alpha value is -3.19. The first-order chi connectivity index (χ1) is 16.0. The van der Waals surface area contributed by atoms with Crippen LogP contribution in [0.25, 0.3) is 11.1 Å². The van der Waals surface area contributed by atoms with Crippen molar-refractivity contribution >= 4 is 5.91 Å². The van der Waals surface area contributed by atoms with Crippen molar-refractivity contribution in [2.75, 3.05) is 33.3 Å². The first-order valence-corrected chi connectivity index (χ1v) is 11.6. The Balaban J connectivity index is 1.61. The molecule has 7 nitrogen and oxygen atoms in total. The summed E-state index contributed by atoms with van der Waals surface area (Å²) in [6.07, 6.45) is 4.36. The number of carbonyl (C=O) groups is 1. The van der Waals surface area contributed by atoms with Gasteiger partial charge in [0, 0.05) is 57.7 Å². The fourth-order valence-electron chi connectivity index (χ4n) is 4.83. The van der Waals surface area contributed by atoms with Crippen LogP contribution in [-0.4, -0.2) is 63.8 Å². The Morgan fingerprint density at radius 2 is 1.97 bits per heavy atom. The molecule has 0 aliphatic carbocycles. The quantitative estimate of drug-likeness (QED) is 0.556. The van der Waals surface area contributed by atoms with Gasteiger partial charge < -0.3 is 9.64 Å². The summed E-state index contributed by atoms with van der Waals surface area (Å²) in [5, 5.41) is 4.53. The fourth-order valence-corrected chi connectivity index (χ4v) is 4.83. The average Bonchev–Trinajstić information content (AvgIpc) is 3.01.